The minimum Gasteiger partial charge on any atom is -0.298 e. The largest absolute Gasteiger partial charge is 0.298 e. The van der Waals surface area contributed by atoms with Crippen LogP contribution in [0.25, 0.3) is 33.5 Å². The summed E-state index contributed by atoms with van der Waals surface area (Å²) in [5.41, 5.74) is 17.6. The minimum atomic E-state index is 0.405. The van der Waals surface area contributed by atoms with Gasteiger partial charge in [-0.15, -0.1) is 13.2 Å². The molecule has 0 amide bonds. The Balaban J connectivity index is 1.19. The summed E-state index contributed by atoms with van der Waals surface area (Å²) in [7, 11) is 0. The Kier molecular flexibility index (Phi) is 12.8. The van der Waals surface area contributed by atoms with Crippen molar-refractivity contribution in [3.63, 3.8) is 0 Å². The van der Waals surface area contributed by atoms with Crippen LogP contribution < -0.4 is 0 Å². The zero-order chi connectivity index (χ0) is 38.5. The molecule has 2 fully saturated rings. The predicted octanol–water partition coefficient (Wildman–Crippen LogP) is 12.3. The fourth-order valence-electron chi connectivity index (χ4n) is 9.43. The molecule has 286 valence electrons. The molecule has 0 atom stereocenters. The monoisotopic (exact) mass is 723 g/mol. The molecule has 3 aromatic rings. The molecule has 2 aromatic carbocycles. The summed E-state index contributed by atoms with van der Waals surface area (Å²) in [6.07, 6.45) is 16.8. The molecule has 0 N–H and O–H groups in total. The number of likely N-dealkylation sites (tertiary alicyclic amines) is 2. The van der Waals surface area contributed by atoms with Crippen LogP contribution in [0.2, 0.25) is 0 Å². The smallest absolute Gasteiger partial charge is 0.0708 e. The molecule has 0 spiro atoms. The fourth-order valence-corrected chi connectivity index (χ4v) is 9.43. The lowest BCUT2D eigenvalue weighted by Gasteiger charge is -2.49. The van der Waals surface area contributed by atoms with Crippen molar-refractivity contribution in [2.45, 2.75) is 106 Å². The molecule has 6 rings (SSSR count). The average molecular weight is 723 g/mol. The van der Waals surface area contributed by atoms with E-state index in [4.69, 9.17) is 9.98 Å². The lowest BCUT2D eigenvalue weighted by atomic mass is 9.77. The number of nitrogens with zero attached hydrogens (tertiary/aromatic N) is 4. The molecule has 1 aliphatic carbocycles. The molecule has 4 heteroatoms. The average Bonchev–Trinajstić information content (AvgIpc) is 3.13. The molecule has 3 heterocycles. The van der Waals surface area contributed by atoms with Gasteiger partial charge in [-0.05, 0) is 140 Å². The van der Waals surface area contributed by atoms with Crippen LogP contribution in [-0.2, 0) is 6.42 Å². The van der Waals surface area contributed by atoms with E-state index in [0.717, 1.165) is 95.6 Å². The number of aliphatic imine (C=N–C) groups is 1. The third-order valence-corrected chi connectivity index (χ3v) is 12.3. The lowest BCUT2D eigenvalue weighted by Crippen LogP contribution is -2.55. The van der Waals surface area contributed by atoms with Gasteiger partial charge < -0.3 is 0 Å². The van der Waals surface area contributed by atoms with E-state index in [9.17, 15) is 0 Å². The summed E-state index contributed by atoms with van der Waals surface area (Å²) in [5, 5.41) is 0. The van der Waals surface area contributed by atoms with E-state index in [2.05, 4.69) is 138 Å². The number of aryl methyl sites for hydroxylation is 1. The quantitative estimate of drug-likeness (QED) is 0.109. The highest BCUT2D eigenvalue weighted by atomic mass is 15.2. The van der Waals surface area contributed by atoms with Crippen molar-refractivity contribution in [1.29, 1.82) is 0 Å². The molecular weight excluding hydrogens is 657 g/mol. The maximum absolute atomic E-state index is 5.24. The van der Waals surface area contributed by atoms with Gasteiger partial charge in [0.05, 0.1) is 5.69 Å². The van der Waals surface area contributed by atoms with Crippen molar-refractivity contribution in [2.24, 2.45) is 15.8 Å². The summed E-state index contributed by atoms with van der Waals surface area (Å²) >= 11 is 0. The molecule has 2 saturated heterocycles. The highest BCUT2D eigenvalue weighted by Crippen LogP contribution is 2.41. The maximum Gasteiger partial charge on any atom is 0.0708 e. The molecule has 0 bridgehead atoms. The van der Waals surface area contributed by atoms with E-state index in [1.54, 1.807) is 0 Å². The van der Waals surface area contributed by atoms with Gasteiger partial charge >= 0.3 is 0 Å². The van der Waals surface area contributed by atoms with Crippen molar-refractivity contribution < 1.29 is 0 Å². The van der Waals surface area contributed by atoms with Gasteiger partial charge in [0, 0.05) is 62.4 Å². The summed E-state index contributed by atoms with van der Waals surface area (Å²) in [6.45, 7) is 30.5. The number of pyridine rings is 1. The van der Waals surface area contributed by atoms with Crippen LogP contribution in [-0.4, -0.2) is 59.8 Å². The van der Waals surface area contributed by atoms with Crippen molar-refractivity contribution in [1.82, 2.24) is 14.8 Å². The molecule has 2 aliphatic heterocycles. The Morgan fingerprint density at radius 2 is 1.52 bits per heavy atom. The van der Waals surface area contributed by atoms with Crippen LogP contribution in [0.15, 0.2) is 90.6 Å². The van der Waals surface area contributed by atoms with E-state index in [-0.39, 0.29) is 0 Å². The Labute approximate surface area is 327 Å². The first-order valence-electron chi connectivity index (χ1n) is 20.7. The topological polar surface area (TPSA) is 31.7 Å². The van der Waals surface area contributed by atoms with E-state index in [0.29, 0.717) is 10.8 Å². The number of benzene rings is 2. The van der Waals surface area contributed by atoms with Crippen LogP contribution in [0, 0.1) is 24.7 Å². The Morgan fingerprint density at radius 3 is 2.19 bits per heavy atom. The molecule has 0 saturated carbocycles. The maximum atomic E-state index is 5.24. The van der Waals surface area contributed by atoms with Gasteiger partial charge in [0.2, 0.25) is 0 Å². The van der Waals surface area contributed by atoms with Crippen LogP contribution in [0.5, 0.6) is 0 Å². The molecule has 1 aromatic heterocycles. The SMILES string of the molecule is C=CCCC1(C)CN(CC(CCC)=N/C=C2\CCCc3c2cccc3-c2cccc(-c3ccc(/C(=C\C)CN4CC(C)(CCC(=C)C)C4)c(C)n3)c2C)C1. The minimum absolute atomic E-state index is 0.405. The van der Waals surface area contributed by atoms with Crippen LogP contribution in [0.4, 0.5) is 0 Å². The number of fused-ring (bicyclic) bond motifs is 1. The third-order valence-electron chi connectivity index (χ3n) is 12.3. The van der Waals surface area contributed by atoms with E-state index in [1.165, 1.54) is 74.2 Å². The first-order valence-corrected chi connectivity index (χ1v) is 20.7. The van der Waals surface area contributed by atoms with Gasteiger partial charge in [0.15, 0.2) is 0 Å². The molecular formula is C50H66N4. The normalized spacial score (nSPS) is 19.3. The number of hydrogen-bond donors (Lipinski definition) is 0. The van der Waals surface area contributed by atoms with Crippen LogP contribution in [0.1, 0.15) is 114 Å². The second kappa shape index (κ2) is 17.3. The van der Waals surface area contributed by atoms with E-state index in [1.807, 2.05) is 0 Å². The Bertz CT molecular complexity index is 1930. The van der Waals surface area contributed by atoms with Gasteiger partial charge in [-0.1, -0.05) is 87.4 Å². The molecule has 3 aliphatic rings. The first kappa shape index (κ1) is 39.8. The molecule has 0 radical (unpaired) electrons. The predicted molar refractivity (Wildman–Crippen MR) is 234 cm³/mol. The number of allylic oxidation sites excluding steroid dienone is 4. The second-order valence-electron chi connectivity index (χ2n) is 17.6. The summed E-state index contributed by atoms with van der Waals surface area (Å²) in [6, 6.07) is 18.2. The van der Waals surface area contributed by atoms with Crippen molar-refractivity contribution in [2.75, 3.05) is 39.3 Å². The Hall–Kier alpha value is -3.86. The summed E-state index contributed by atoms with van der Waals surface area (Å²) in [4.78, 5) is 15.6. The van der Waals surface area contributed by atoms with Crippen LogP contribution in [0.3, 0.4) is 0 Å². The van der Waals surface area contributed by atoms with Crippen molar-refractivity contribution in [3.05, 3.63) is 114 Å². The highest BCUT2D eigenvalue weighted by Gasteiger charge is 2.39. The zero-order valence-electron chi connectivity index (χ0n) is 34.7. The van der Waals surface area contributed by atoms with E-state index >= 15 is 0 Å². The Morgan fingerprint density at radius 1 is 0.852 bits per heavy atom. The van der Waals surface area contributed by atoms with Crippen molar-refractivity contribution >= 4 is 16.9 Å². The summed E-state index contributed by atoms with van der Waals surface area (Å²) < 4.78 is 0. The first-order chi connectivity index (χ1) is 25.9. The van der Waals surface area contributed by atoms with E-state index < -0.39 is 0 Å². The number of rotatable bonds is 16. The molecule has 0 unspecified atom stereocenters. The lowest BCUT2D eigenvalue weighted by molar-refractivity contribution is 0.0208. The van der Waals surface area contributed by atoms with Gasteiger partial charge in [-0.25, -0.2) is 0 Å². The van der Waals surface area contributed by atoms with Gasteiger partial charge in [0.25, 0.3) is 0 Å². The van der Waals surface area contributed by atoms with Gasteiger partial charge in [-0.3, -0.25) is 19.8 Å². The zero-order valence-corrected chi connectivity index (χ0v) is 34.7. The molecule has 4 nitrogen and oxygen atoms in total. The van der Waals surface area contributed by atoms with Gasteiger partial charge in [-0.2, -0.15) is 0 Å². The van der Waals surface area contributed by atoms with Crippen LogP contribution >= 0.6 is 0 Å². The fraction of sp³-hybridized carbons (Fsp3) is 0.480. The summed E-state index contributed by atoms with van der Waals surface area (Å²) in [5.74, 6) is 0. The molecule has 54 heavy (non-hydrogen) atoms. The van der Waals surface area contributed by atoms with Crippen molar-refractivity contribution in [3.8, 4) is 22.4 Å². The standard InChI is InChI=1S/C50H66N4/c1-10-13-27-49(8)32-54(33-49)31-41(17-11-2)51-29-40-18-14-22-47-45(40)21-16-23-46(47)42-19-15-20-43(37(42)6)48-25-24-44(38(7)52-48)39(12-3)30-53-34-50(9,35-53)28-26-36(4)5/h10,12,15-16,19-21,23-25,29H,1,4,11,13-14,17-18,22,26-28,30-35H2,2-3,5-9H3/b39-12-,40-29+,51-41?. The number of hydrogen-bond acceptors (Lipinski definition) is 4. The second-order valence-corrected chi connectivity index (χ2v) is 17.6. The number of aromatic nitrogens is 1. The van der Waals surface area contributed by atoms with Gasteiger partial charge in [0.1, 0.15) is 0 Å². The highest BCUT2D eigenvalue weighted by molar-refractivity contribution is 5.88. The third kappa shape index (κ3) is 9.15.